The maximum Gasteiger partial charge on any atom is 0.275 e. The fourth-order valence-corrected chi connectivity index (χ4v) is 8.49. The number of aromatic hydroxyl groups is 2. The minimum Gasteiger partial charge on any atom is -0.507 e. The predicted octanol–water partition coefficient (Wildman–Crippen LogP) is 9.21. The smallest absolute Gasteiger partial charge is 0.275 e. The molecule has 0 radical (unpaired) electrons. The van der Waals surface area contributed by atoms with Crippen molar-refractivity contribution in [3.63, 3.8) is 0 Å². The minimum absolute atomic E-state index is 0.0313. The summed E-state index contributed by atoms with van der Waals surface area (Å²) in [6.07, 6.45) is 2.98. The Hall–Kier alpha value is -4.24. The third-order valence-electron chi connectivity index (χ3n) is 10.4. The van der Waals surface area contributed by atoms with Gasteiger partial charge in [0.05, 0.1) is 81.8 Å². The van der Waals surface area contributed by atoms with Gasteiger partial charge in [0.25, 0.3) is 9.03 Å². The topological polar surface area (TPSA) is 151 Å². The quantitative estimate of drug-likeness (QED) is 0.0555. The number of phenolic OH excluding ortho intramolecular Hbond substituents is 2. The summed E-state index contributed by atoms with van der Waals surface area (Å²) in [6.45, 7) is 11.9. The van der Waals surface area contributed by atoms with Gasteiger partial charge in [-0.2, -0.15) is 0 Å². The first kappa shape index (κ1) is 44.4. The van der Waals surface area contributed by atoms with Gasteiger partial charge in [-0.3, -0.25) is 0 Å². The van der Waals surface area contributed by atoms with E-state index in [2.05, 4.69) is 6.58 Å². The molecule has 0 saturated carbocycles. The Morgan fingerprint density at radius 1 is 0.661 bits per heavy atom. The lowest BCUT2D eigenvalue weighted by atomic mass is 9.98. The Morgan fingerprint density at radius 2 is 1.23 bits per heavy atom. The summed E-state index contributed by atoms with van der Waals surface area (Å²) in [5.74, 6) is 1.12. The highest BCUT2D eigenvalue weighted by Gasteiger charge is 2.30. The van der Waals surface area contributed by atoms with Gasteiger partial charge in [0.1, 0.15) is 23.0 Å². The lowest BCUT2D eigenvalue weighted by molar-refractivity contribution is -0.0457. The van der Waals surface area contributed by atoms with Crippen LogP contribution in [-0.2, 0) is 52.5 Å². The summed E-state index contributed by atoms with van der Waals surface area (Å²) in [6, 6.07) is 24.0. The fraction of sp³-hybridized carbons (Fsp3) is 0.348. The monoisotopic (exact) mass is 888 g/mol. The van der Waals surface area contributed by atoms with Crippen LogP contribution in [0.3, 0.4) is 0 Å². The van der Waals surface area contributed by atoms with Crippen molar-refractivity contribution in [3.8, 4) is 34.1 Å². The molecule has 4 aromatic carbocycles. The predicted molar refractivity (Wildman–Crippen MR) is 232 cm³/mol. The van der Waals surface area contributed by atoms with Crippen molar-refractivity contribution in [2.24, 2.45) is 0 Å². The maximum absolute atomic E-state index is 11.5. The van der Waals surface area contributed by atoms with E-state index in [1.807, 2.05) is 86.7 Å². The number of benzene rings is 4. The van der Waals surface area contributed by atoms with E-state index in [0.717, 1.165) is 11.1 Å². The molecule has 16 heteroatoms. The normalized spacial score (nSPS) is 18.8. The van der Waals surface area contributed by atoms with Crippen molar-refractivity contribution in [2.45, 2.75) is 44.6 Å². The van der Waals surface area contributed by atoms with Crippen LogP contribution in [0, 0.1) is 0 Å². The zero-order valence-corrected chi connectivity index (χ0v) is 36.4. The Labute approximate surface area is 364 Å². The number of phenols is 2. The van der Waals surface area contributed by atoms with Crippen LogP contribution in [0.1, 0.15) is 60.5 Å². The Bertz CT molecular complexity index is 2220. The molecule has 2 unspecified atom stereocenters. The van der Waals surface area contributed by atoms with Crippen LogP contribution in [-0.4, -0.2) is 76.0 Å². The number of allylic oxidation sites excluding steroid dienone is 4. The van der Waals surface area contributed by atoms with Gasteiger partial charge in [-0.15, -0.1) is 0 Å². The van der Waals surface area contributed by atoms with Crippen molar-refractivity contribution in [3.05, 3.63) is 137 Å². The highest BCUT2D eigenvalue weighted by Crippen LogP contribution is 2.47. The average molecular weight is 889 g/mol. The van der Waals surface area contributed by atoms with Crippen LogP contribution >= 0.6 is 18.1 Å². The summed E-state index contributed by atoms with van der Waals surface area (Å²) < 4.78 is 71.1. The zero-order chi connectivity index (χ0) is 42.9. The van der Waals surface area contributed by atoms with E-state index in [1.54, 1.807) is 24.3 Å². The Kier molecular flexibility index (Phi) is 15.0. The van der Waals surface area contributed by atoms with Gasteiger partial charge in [0.15, 0.2) is 34.2 Å². The minimum atomic E-state index is -0.836. The molecule has 14 nitrogen and oxygen atoms in total. The molecule has 0 amide bonds. The van der Waals surface area contributed by atoms with Gasteiger partial charge < -0.3 is 66.2 Å². The van der Waals surface area contributed by atoms with Crippen molar-refractivity contribution in [1.82, 2.24) is 0 Å². The highest BCUT2D eigenvalue weighted by molar-refractivity contribution is 7.27. The van der Waals surface area contributed by atoms with Gasteiger partial charge >= 0.3 is 0 Å². The summed E-state index contributed by atoms with van der Waals surface area (Å²) in [5.41, 5.74) is 4.79. The number of rotatable bonds is 18. The van der Waals surface area contributed by atoms with Crippen LogP contribution in [0.2, 0.25) is 0 Å². The van der Waals surface area contributed by atoms with E-state index in [1.165, 1.54) is 0 Å². The van der Waals surface area contributed by atoms with Crippen molar-refractivity contribution >= 4 is 23.6 Å². The number of para-hydroxylation sites is 4. The molecule has 328 valence electrons. The van der Waals surface area contributed by atoms with E-state index < -0.39 is 39.8 Å². The molecule has 4 aromatic rings. The lowest BCUT2D eigenvalue weighted by Gasteiger charge is -2.27. The molecule has 8 rings (SSSR count). The molecule has 0 aliphatic carbocycles. The third kappa shape index (κ3) is 10.4. The van der Waals surface area contributed by atoms with Crippen molar-refractivity contribution in [2.75, 3.05) is 59.5 Å². The lowest BCUT2D eigenvalue weighted by Crippen LogP contribution is -2.19. The van der Waals surface area contributed by atoms with Gasteiger partial charge in [0, 0.05) is 27.8 Å². The third-order valence-corrected chi connectivity index (χ3v) is 11.8. The molecule has 4 aliphatic rings. The summed E-state index contributed by atoms with van der Waals surface area (Å²) in [5, 5.41) is 22.4. The molecule has 0 aromatic heterocycles. The molecule has 4 fully saturated rings. The first-order valence-corrected chi connectivity index (χ1v) is 21.9. The molecular weight excluding hydrogens is 838 g/mol. The second kappa shape index (κ2) is 21.0. The van der Waals surface area contributed by atoms with Crippen molar-refractivity contribution in [1.29, 1.82) is 0 Å². The first-order valence-electron chi connectivity index (χ1n) is 20.3. The standard InChI is InChI=1S/C46H50O14P2/c1-29(31-12-7-15-34(39(31)47)43-51-22-23-52-43)10-6-11-30(42-49-20-21-50-42)28-57-61-60-46(2,3)37-18-4-5-19-38(37)58-62-59-41-33(14-9-17-36(41)45-55-26-27-56-45)32-13-8-16-35(40(32)48)44-53-24-25-54-44/h4-19,42-45,47-48,61-62H,1,20-28H2,2-3H3/b10-6-,30-11+. The zero-order valence-electron chi connectivity index (χ0n) is 34.4. The molecule has 0 bridgehead atoms. The summed E-state index contributed by atoms with van der Waals surface area (Å²) >= 11 is 0. The van der Waals surface area contributed by atoms with Gasteiger partial charge in [-0.25, -0.2) is 0 Å². The fourth-order valence-electron chi connectivity index (χ4n) is 7.27. The highest BCUT2D eigenvalue weighted by atomic mass is 31.1. The van der Waals surface area contributed by atoms with Gasteiger partial charge in [0.2, 0.25) is 0 Å². The van der Waals surface area contributed by atoms with Crippen LogP contribution < -0.4 is 9.05 Å². The molecule has 62 heavy (non-hydrogen) atoms. The molecule has 0 spiro atoms. The van der Waals surface area contributed by atoms with E-state index >= 15 is 0 Å². The molecule has 4 aliphatic heterocycles. The first-order chi connectivity index (χ1) is 30.3. The average Bonchev–Trinajstić information content (AvgIpc) is 4.14. The number of hydrogen-bond acceptors (Lipinski definition) is 14. The molecule has 4 heterocycles. The van der Waals surface area contributed by atoms with Crippen LogP contribution in [0.25, 0.3) is 16.7 Å². The van der Waals surface area contributed by atoms with Gasteiger partial charge in [-0.1, -0.05) is 97.6 Å². The van der Waals surface area contributed by atoms with Crippen LogP contribution in [0.4, 0.5) is 0 Å². The SMILES string of the molecule is C=C(/C=C\C=C(/COPOC(C)(C)c1ccccc1OPOc1c(-c2cccc(C3OCCO3)c2O)cccc1C1OCCO1)C1OCCO1)c1cccc(C2OCCO2)c1O. The summed E-state index contributed by atoms with van der Waals surface area (Å²) in [7, 11) is -0.845. The second-order valence-electron chi connectivity index (χ2n) is 14.9. The molecule has 4 saturated heterocycles. The summed E-state index contributed by atoms with van der Waals surface area (Å²) in [4.78, 5) is 0. The van der Waals surface area contributed by atoms with Crippen molar-refractivity contribution < 1.29 is 66.2 Å². The molecule has 2 N–H and O–H groups in total. The number of ether oxygens (including phenoxy) is 8. The van der Waals surface area contributed by atoms with Gasteiger partial charge in [-0.05, 0) is 25.5 Å². The maximum atomic E-state index is 11.5. The Morgan fingerprint density at radius 3 is 1.90 bits per heavy atom. The van der Waals surface area contributed by atoms with Crippen LogP contribution in [0.5, 0.6) is 23.0 Å². The largest absolute Gasteiger partial charge is 0.507 e. The van der Waals surface area contributed by atoms with Crippen LogP contribution in [0.15, 0.2) is 109 Å². The Balaban J connectivity index is 0.917. The number of hydrogen-bond donors (Lipinski definition) is 2. The van der Waals surface area contributed by atoms with E-state index in [9.17, 15) is 10.2 Å². The molecule has 2 atom stereocenters. The van der Waals surface area contributed by atoms with E-state index in [4.69, 9.17) is 56.0 Å². The molecular formula is C46H50O14P2. The van der Waals surface area contributed by atoms with E-state index in [-0.39, 0.29) is 27.1 Å². The second-order valence-corrected chi connectivity index (χ2v) is 16.1. The van der Waals surface area contributed by atoms with E-state index in [0.29, 0.717) is 103 Å².